The summed E-state index contributed by atoms with van der Waals surface area (Å²) >= 11 is 0. The molecule has 8 nitrogen and oxygen atoms in total. The van der Waals surface area contributed by atoms with Crippen LogP contribution in [0.3, 0.4) is 0 Å². The third-order valence-corrected chi connectivity index (χ3v) is 4.63. The Kier molecular flexibility index (Phi) is 6.54. The van der Waals surface area contributed by atoms with Gasteiger partial charge in [0.2, 0.25) is 0 Å². The van der Waals surface area contributed by atoms with Gasteiger partial charge in [-0.25, -0.2) is 0 Å². The molecule has 0 saturated heterocycles. The van der Waals surface area contributed by atoms with Crippen LogP contribution in [0.25, 0.3) is 0 Å². The molecule has 0 bridgehead atoms. The Bertz CT molecular complexity index is 914. The van der Waals surface area contributed by atoms with Crippen LogP contribution in [0.15, 0.2) is 41.4 Å². The van der Waals surface area contributed by atoms with Crippen molar-refractivity contribution < 1.29 is 14.4 Å². The molecule has 2 N–H and O–H groups in total. The smallest absolute Gasteiger partial charge is 0.269 e. The van der Waals surface area contributed by atoms with Crippen molar-refractivity contribution in [3.8, 4) is 11.5 Å². The predicted octanol–water partition coefficient (Wildman–Crippen LogP) is 3.18. The van der Waals surface area contributed by atoms with E-state index in [2.05, 4.69) is 28.6 Å². The quantitative estimate of drug-likeness (QED) is 0.322. The highest BCUT2D eigenvalue weighted by Crippen LogP contribution is 2.35. The first-order valence-corrected chi connectivity index (χ1v) is 9.63. The zero-order chi connectivity index (χ0) is 20.8. The second kappa shape index (κ2) is 9.27. The molecule has 0 saturated carbocycles. The lowest BCUT2D eigenvalue weighted by Crippen LogP contribution is -2.36. The van der Waals surface area contributed by atoms with E-state index < -0.39 is 4.92 Å². The number of nitrogens with zero attached hydrogens (tertiary/aromatic N) is 2. The average molecular weight is 398 g/mol. The molecule has 0 spiro atoms. The topological polar surface area (TPSA) is 98.0 Å². The fourth-order valence-electron chi connectivity index (χ4n) is 3.27. The first-order valence-electron chi connectivity index (χ1n) is 9.63. The van der Waals surface area contributed by atoms with Crippen LogP contribution in [0.5, 0.6) is 11.5 Å². The van der Waals surface area contributed by atoms with E-state index >= 15 is 0 Å². The van der Waals surface area contributed by atoms with Crippen LogP contribution in [0, 0.1) is 10.1 Å². The highest BCUT2D eigenvalue weighted by Gasteiger charge is 2.22. The number of rotatable bonds is 7. The Morgan fingerprint density at radius 1 is 1.31 bits per heavy atom. The van der Waals surface area contributed by atoms with Gasteiger partial charge >= 0.3 is 0 Å². The largest absolute Gasteiger partial charge is 0.494 e. The van der Waals surface area contributed by atoms with Gasteiger partial charge in [-0.2, -0.15) is 0 Å². The summed E-state index contributed by atoms with van der Waals surface area (Å²) in [4.78, 5) is 14.7. The fourth-order valence-corrected chi connectivity index (χ4v) is 3.27. The second-order valence-electron chi connectivity index (χ2n) is 6.84. The molecule has 0 radical (unpaired) electrons. The third kappa shape index (κ3) is 5.16. The van der Waals surface area contributed by atoms with Crippen molar-refractivity contribution >= 4 is 11.6 Å². The molecular weight excluding hydrogens is 372 g/mol. The van der Waals surface area contributed by atoms with E-state index in [1.807, 2.05) is 19.1 Å². The van der Waals surface area contributed by atoms with Gasteiger partial charge in [-0.15, -0.1) is 0 Å². The lowest BCUT2D eigenvalue weighted by molar-refractivity contribution is -0.384. The second-order valence-corrected chi connectivity index (χ2v) is 6.84. The van der Waals surface area contributed by atoms with Crippen molar-refractivity contribution in [3.05, 3.63) is 63.2 Å². The summed E-state index contributed by atoms with van der Waals surface area (Å²) in [5.41, 5.74) is 3.02. The lowest BCUT2D eigenvalue weighted by Gasteiger charge is -2.15. The molecule has 1 aliphatic rings. The van der Waals surface area contributed by atoms with E-state index in [1.165, 1.54) is 6.07 Å². The molecule has 3 rings (SSSR count). The molecule has 1 unspecified atom stereocenters. The molecule has 0 aromatic heterocycles. The maximum Gasteiger partial charge on any atom is 0.269 e. The minimum atomic E-state index is -0.400. The van der Waals surface area contributed by atoms with Crippen LogP contribution in [0.1, 0.15) is 30.5 Å². The van der Waals surface area contributed by atoms with Gasteiger partial charge in [0, 0.05) is 49.8 Å². The molecule has 1 heterocycles. The summed E-state index contributed by atoms with van der Waals surface area (Å²) in [7, 11) is 1.68. The standard InChI is InChI=1S/C21H26N4O4/c1-4-28-19-10-16-8-14(2)29-20(16)11-17(19)13-24-21(22-3)23-12-15-6-5-7-18(9-15)25(26)27/h5-7,9-11,14H,4,8,12-13H2,1-3H3,(H2,22,23,24). The molecular formula is C21H26N4O4. The van der Waals surface area contributed by atoms with E-state index in [1.54, 1.807) is 19.2 Å². The number of guanidine groups is 1. The number of non-ortho nitro benzene ring substituents is 1. The van der Waals surface area contributed by atoms with Gasteiger partial charge in [0.1, 0.15) is 17.6 Å². The number of nitro benzene ring substituents is 1. The Hall–Kier alpha value is -3.29. The van der Waals surface area contributed by atoms with E-state index in [-0.39, 0.29) is 11.8 Å². The van der Waals surface area contributed by atoms with Crippen molar-refractivity contribution in [2.24, 2.45) is 4.99 Å². The van der Waals surface area contributed by atoms with Gasteiger partial charge in [-0.1, -0.05) is 12.1 Å². The van der Waals surface area contributed by atoms with Crippen molar-refractivity contribution in [2.75, 3.05) is 13.7 Å². The number of hydrogen-bond acceptors (Lipinski definition) is 5. The van der Waals surface area contributed by atoms with Gasteiger partial charge in [0.15, 0.2) is 5.96 Å². The van der Waals surface area contributed by atoms with Gasteiger partial charge in [0.05, 0.1) is 11.5 Å². The maximum absolute atomic E-state index is 10.9. The maximum atomic E-state index is 10.9. The molecule has 2 aromatic carbocycles. The van der Waals surface area contributed by atoms with Gasteiger partial charge in [0.25, 0.3) is 5.69 Å². The van der Waals surface area contributed by atoms with Crippen molar-refractivity contribution in [2.45, 2.75) is 39.5 Å². The highest BCUT2D eigenvalue weighted by molar-refractivity contribution is 5.79. The number of ether oxygens (including phenoxy) is 2. The number of benzene rings is 2. The minimum Gasteiger partial charge on any atom is -0.494 e. The Labute approximate surface area is 170 Å². The molecule has 1 atom stereocenters. The summed E-state index contributed by atoms with van der Waals surface area (Å²) in [6, 6.07) is 10.6. The molecule has 1 aliphatic heterocycles. The summed E-state index contributed by atoms with van der Waals surface area (Å²) < 4.78 is 11.7. The van der Waals surface area contributed by atoms with Crippen molar-refractivity contribution in [1.82, 2.24) is 10.6 Å². The van der Waals surface area contributed by atoms with E-state index in [4.69, 9.17) is 9.47 Å². The number of nitro groups is 1. The first kappa shape index (κ1) is 20.4. The zero-order valence-electron chi connectivity index (χ0n) is 16.9. The van der Waals surface area contributed by atoms with Gasteiger partial charge < -0.3 is 20.1 Å². The zero-order valence-corrected chi connectivity index (χ0v) is 16.9. The van der Waals surface area contributed by atoms with Crippen LogP contribution in [0.2, 0.25) is 0 Å². The Morgan fingerprint density at radius 2 is 2.10 bits per heavy atom. The van der Waals surface area contributed by atoms with E-state index in [0.29, 0.717) is 25.7 Å². The third-order valence-electron chi connectivity index (χ3n) is 4.63. The van der Waals surface area contributed by atoms with E-state index in [0.717, 1.165) is 34.6 Å². The first-order chi connectivity index (χ1) is 14.0. The fraction of sp³-hybridized carbons (Fsp3) is 0.381. The van der Waals surface area contributed by atoms with Crippen LogP contribution in [-0.4, -0.2) is 30.6 Å². The minimum absolute atomic E-state index is 0.0703. The van der Waals surface area contributed by atoms with Crippen LogP contribution in [-0.2, 0) is 19.5 Å². The average Bonchev–Trinajstić information content (AvgIpc) is 3.07. The van der Waals surface area contributed by atoms with Crippen molar-refractivity contribution in [1.29, 1.82) is 0 Å². The summed E-state index contributed by atoms with van der Waals surface area (Å²) in [5.74, 6) is 2.33. The number of aliphatic imine (C=N–C) groups is 1. The number of nitrogens with one attached hydrogen (secondary N) is 2. The molecule has 29 heavy (non-hydrogen) atoms. The summed E-state index contributed by atoms with van der Waals surface area (Å²) in [6.45, 7) is 5.53. The van der Waals surface area contributed by atoms with E-state index in [9.17, 15) is 10.1 Å². The molecule has 154 valence electrons. The molecule has 0 fully saturated rings. The van der Waals surface area contributed by atoms with Crippen LogP contribution < -0.4 is 20.1 Å². The monoisotopic (exact) mass is 398 g/mol. The van der Waals surface area contributed by atoms with Crippen molar-refractivity contribution in [3.63, 3.8) is 0 Å². The lowest BCUT2D eigenvalue weighted by atomic mass is 10.1. The molecule has 2 aromatic rings. The summed E-state index contributed by atoms with van der Waals surface area (Å²) in [6.07, 6.45) is 1.06. The molecule has 0 aliphatic carbocycles. The van der Waals surface area contributed by atoms with Gasteiger partial charge in [-0.3, -0.25) is 15.1 Å². The molecule has 8 heteroatoms. The van der Waals surface area contributed by atoms with Gasteiger partial charge in [-0.05, 0) is 31.5 Å². The SMILES string of the molecule is CCOc1cc2c(cc1CNC(=NC)NCc1cccc([N+](=O)[O-])c1)OC(C)C2. The number of fused-ring (bicyclic) bond motifs is 1. The highest BCUT2D eigenvalue weighted by atomic mass is 16.6. The summed E-state index contributed by atoms with van der Waals surface area (Å²) in [5, 5.41) is 17.4. The number of hydrogen-bond donors (Lipinski definition) is 2. The molecule has 0 amide bonds. The normalized spacial score (nSPS) is 15.4. The Balaban J connectivity index is 1.64. The van der Waals surface area contributed by atoms with Crippen LogP contribution in [0.4, 0.5) is 5.69 Å². The predicted molar refractivity (Wildman–Crippen MR) is 112 cm³/mol. The Morgan fingerprint density at radius 3 is 2.83 bits per heavy atom. The van der Waals surface area contributed by atoms with Crippen LogP contribution >= 0.6 is 0 Å².